The zero-order chi connectivity index (χ0) is 18.6. The molecule has 3 aromatic carbocycles. The molecule has 27 heavy (non-hydrogen) atoms. The number of carbonyl (C=O) groups is 1. The molecule has 0 aliphatic carbocycles. The fourth-order valence-corrected chi connectivity index (χ4v) is 3.39. The molecule has 0 unspecified atom stereocenters. The number of hydrogen-bond acceptors (Lipinski definition) is 3. The lowest BCUT2D eigenvalue weighted by Crippen LogP contribution is -2.32. The Morgan fingerprint density at radius 3 is 2.44 bits per heavy atom. The maximum Gasteiger partial charge on any atom is 0.253 e. The molecule has 4 nitrogen and oxygen atoms in total. The second-order valence-corrected chi connectivity index (χ2v) is 6.66. The highest BCUT2D eigenvalue weighted by Crippen LogP contribution is 2.31. The summed E-state index contributed by atoms with van der Waals surface area (Å²) < 4.78 is 5.61. The molecule has 136 valence electrons. The lowest BCUT2D eigenvalue weighted by Gasteiger charge is -2.23. The normalized spacial score (nSPS) is 14.0. The second kappa shape index (κ2) is 7.74. The summed E-state index contributed by atoms with van der Waals surface area (Å²) in [5, 5.41) is 9.38. The van der Waals surface area contributed by atoms with Crippen molar-refractivity contribution >= 4 is 11.6 Å². The highest BCUT2D eigenvalue weighted by Gasteiger charge is 2.23. The Morgan fingerprint density at radius 1 is 0.852 bits per heavy atom. The Morgan fingerprint density at radius 2 is 1.63 bits per heavy atom. The van der Waals surface area contributed by atoms with Crippen molar-refractivity contribution in [3.63, 3.8) is 0 Å². The Kier molecular flexibility index (Phi) is 5.01. The number of aliphatic hydroxyl groups excluding tert-OH is 1. The van der Waals surface area contributed by atoms with Gasteiger partial charge in [0, 0.05) is 11.3 Å². The number of rotatable bonds is 4. The topological polar surface area (TPSA) is 49.8 Å². The summed E-state index contributed by atoms with van der Waals surface area (Å²) in [4.78, 5) is 14.4. The molecule has 0 saturated heterocycles. The van der Waals surface area contributed by atoms with Gasteiger partial charge in [0.05, 0.1) is 19.8 Å². The van der Waals surface area contributed by atoms with Crippen molar-refractivity contribution in [2.75, 3.05) is 11.5 Å². The number of hydrogen-bond donors (Lipinski definition) is 1. The van der Waals surface area contributed by atoms with E-state index in [0.717, 1.165) is 33.5 Å². The number of fused-ring (bicyclic) bond motifs is 1. The molecule has 0 bridgehead atoms. The number of aliphatic hydroxyl groups is 1. The van der Waals surface area contributed by atoms with Crippen molar-refractivity contribution in [3.8, 4) is 11.1 Å². The van der Waals surface area contributed by atoms with Crippen LogP contribution in [0.1, 0.15) is 16.7 Å². The first-order valence-corrected chi connectivity index (χ1v) is 9.00. The van der Waals surface area contributed by atoms with E-state index in [2.05, 4.69) is 6.07 Å². The number of amides is 1. The van der Waals surface area contributed by atoms with Gasteiger partial charge in [-0.3, -0.25) is 4.79 Å². The van der Waals surface area contributed by atoms with E-state index in [1.807, 2.05) is 66.7 Å². The molecule has 4 rings (SSSR count). The van der Waals surface area contributed by atoms with Crippen molar-refractivity contribution < 1.29 is 14.6 Å². The number of benzene rings is 3. The van der Waals surface area contributed by atoms with E-state index in [4.69, 9.17) is 4.74 Å². The average molecular weight is 359 g/mol. The third-order valence-electron chi connectivity index (χ3n) is 4.78. The van der Waals surface area contributed by atoms with E-state index in [1.165, 1.54) is 0 Å². The van der Waals surface area contributed by atoms with Crippen LogP contribution in [0.5, 0.6) is 0 Å². The van der Waals surface area contributed by atoms with Crippen LogP contribution in [-0.4, -0.2) is 17.6 Å². The van der Waals surface area contributed by atoms with Crippen molar-refractivity contribution in [3.05, 3.63) is 89.5 Å². The van der Waals surface area contributed by atoms with Gasteiger partial charge >= 0.3 is 0 Å². The molecule has 0 saturated carbocycles. The summed E-state index contributed by atoms with van der Waals surface area (Å²) in [5.74, 6) is -0.0346. The quantitative estimate of drug-likeness (QED) is 0.768. The molecule has 0 radical (unpaired) electrons. The lowest BCUT2D eigenvalue weighted by atomic mass is 10.00. The first kappa shape index (κ1) is 17.5. The molecule has 3 aromatic rings. The van der Waals surface area contributed by atoms with Gasteiger partial charge in [-0.05, 0) is 40.5 Å². The fraction of sp³-hybridized carbons (Fsp3) is 0.174. The molecule has 0 aromatic heterocycles. The van der Waals surface area contributed by atoms with Gasteiger partial charge in [0.15, 0.2) is 0 Å². The maximum absolute atomic E-state index is 12.6. The van der Waals surface area contributed by atoms with E-state index >= 15 is 0 Å². The van der Waals surface area contributed by atoms with Gasteiger partial charge in [-0.2, -0.15) is 0 Å². The van der Waals surface area contributed by atoms with Crippen LogP contribution < -0.4 is 4.90 Å². The molecule has 0 atom stereocenters. The van der Waals surface area contributed by atoms with Crippen LogP contribution in [0.15, 0.2) is 72.8 Å². The Bertz CT molecular complexity index is 953. The van der Waals surface area contributed by atoms with Gasteiger partial charge in [0.2, 0.25) is 0 Å². The molecule has 1 N–H and O–H groups in total. The Balaban J connectivity index is 1.71. The molecule has 1 aliphatic rings. The first-order chi connectivity index (χ1) is 13.2. The average Bonchev–Trinajstić information content (AvgIpc) is 2.87. The van der Waals surface area contributed by atoms with E-state index in [-0.39, 0.29) is 19.1 Å². The molecule has 4 heteroatoms. The summed E-state index contributed by atoms with van der Waals surface area (Å²) in [7, 11) is 0. The van der Waals surface area contributed by atoms with Gasteiger partial charge in [0.1, 0.15) is 6.61 Å². The SMILES string of the molecule is O=C1COCc2cc(-c3cccc(CO)c3)ccc2N1Cc1ccccc1. The molecule has 0 fully saturated rings. The van der Waals surface area contributed by atoms with Crippen LogP contribution in [0.4, 0.5) is 5.69 Å². The Hall–Kier alpha value is -2.95. The van der Waals surface area contributed by atoms with Crippen LogP contribution in [-0.2, 0) is 29.3 Å². The molecule has 1 amide bonds. The Labute approximate surface area is 158 Å². The first-order valence-electron chi connectivity index (χ1n) is 9.00. The standard InChI is InChI=1S/C23H21NO3/c25-14-18-7-4-8-19(11-18)20-9-10-22-21(12-20)15-27-16-23(26)24(22)13-17-5-2-1-3-6-17/h1-12,25H,13-16H2. The summed E-state index contributed by atoms with van der Waals surface area (Å²) >= 11 is 0. The number of ether oxygens (including phenoxy) is 1. The highest BCUT2D eigenvalue weighted by atomic mass is 16.5. The van der Waals surface area contributed by atoms with Crippen LogP contribution in [0.25, 0.3) is 11.1 Å². The molecule has 1 aliphatic heterocycles. The molecule has 0 spiro atoms. The highest BCUT2D eigenvalue weighted by molar-refractivity contribution is 5.96. The van der Waals surface area contributed by atoms with E-state index in [0.29, 0.717) is 13.2 Å². The zero-order valence-corrected chi connectivity index (χ0v) is 15.0. The van der Waals surface area contributed by atoms with Gasteiger partial charge in [-0.1, -0.05) is 54.6 Å². The van der Waals surface area contributed by atoms with Gasteiger partial charge < -0.3 is 14.7 Å². The monoisotopic (exact) mass is 359 g/mol. The third kappa shape index (κ3) is 3.77. The lowest BCUT2D eigenvalue weighted by molar-refractivity contribution is -0.123. The van der Waals surface area contributed by atoms with Gasteiger partial charge in [0.25, 0.3) is 5.91 Å². The number of carbonyl (C=O) groups excluding carboxylic acids is 1. The smallest absolute Gasteiger partial charge is 0.253 e. The van der Waals surface area contributed by atoms with Crippen molar-refractivity contribution in [2.45, 2.75) is 19.8 Å². The molecular weight excluding hydrogens is 338 g/mol. The van der Waals surface area contributed by atoms with Crippen molar-refractivity contribution in [2.24, 2.45) is 0 Å². The molecular formula is C23H21NO3. The number of anilines is 1. The minimum atomic E-state index is -0.0346. The predicted octanol–water partition coefficient (Wildman–Crippen LogP) is 3.91. The molecule has 1 heterocycles. The van der Waals surface area contributed by atoms with Crippen LogP contribution in [0, 0.1) is 0 Å². The van der Waals surface area contributed by atoms with Crippen LogP contribution in [0.2, 0.25) is 0 Å². The summed E-state index contributed by atoms with van der Waals surface area (Å²) in [6.45, 7) is 1.02. The van der Waals surface area contributed by atoms with Crippen LogP contribution in [0.3, 0.4) is 0 Å². The minimum Gasteiger partial charge on any atom is -0.392 e. The van der Waals surface area contributed by atoms with E-state index in [9.17, 15) is 9.90 Å². The van der Waals surface area contributed by atoms with Gasteiger partial charge in [-0.25, -0.2) is 0 Å². The van der Waals surface area contributed by atoms with Crippen LogP contribution >= 0.6 is 0 Å². The summed E-state index contributed by atoms with van der Waals surface area (Å²) in [6, 6.07) is 23.9. The van der Waals surface area contributed by atoms with E-state index < -0.39 is 0 Å². The van der Waals surface area contributed by atoms with Crippen molar-refractivity contribution in [1.29, 1.82) is 0 Å². The summed E-state index contributed by atoms with van der Waals surface area (Å²) in [6.07, 6.45) is 0. The van der Waals surface area contributed by atoms with Gasteiger partial charge in [-0.15, -0.1) is 0 Å². The van der Waals surface area contributed by atoms with E-state index in [1.54, 1.807) is 4.90 Å². The number of nitrogens with zero attached hydrogens (tertiary/aromatic N) is 1. The maximum atomic E-state index is 12.6. The van der Waals surface area contributed by atoms with Crippen molar-refractivity contribution in [1.82, 2.24) is 0 Å². The third-order valence-corrected chi connectivity index (χ3v) is 4.78. The zero-order valence-electron chi connectivity index (χ0n) is 15.0. The minimum absolute atomic E-state index is 0.0151. The summed E-state index contributed by atoms with van der Waals surface area (Å²) in [5.41, 5.74) is 5.92. The second-order valence-electron chi connectivity index (χ2n) is 6.66. The largest absolute Gasteiger partial charge is 0.392 e. The predicted molar refractivity (Wildman–Crippen MR) is 105 cm³/mol. The fourth-order valence-electron chi connectivity index (χ4n) is 3.39.